The van der Waals surface area contributed by atoms with Crippen LogP contribution in [0, 0.1) is 3.57 Å². The molecule has 88 valence electrons. The molecule has 1 heterocycles. The summed E-state index contributed by atoms with van der Waals surface area (Å²) >= 11 is 5.50. The van der Waals surface area contributed by atoms with E-state index in [2.05, 4.69) is 53.9 Å². The first-order valence-corrected chi connectivity index (χ1v) is 6.55. The number of amides is 1. The van der Waals surface area contributed by atoms with Gasteiger partial charge in [-0.3, -0.25) is 10.1 Å². The molecule has 17 heavy (non-hydrogen) atoms. The molecule has 5 nitrogen and oxygen atoms in total. The molecule has 0 saturated heterocycles. The van der Waals surface area contributed by atoms with Gasteiger partial charge in [0.1, 0.15) is 6.33 Å². The van der Waals surface area contributed by atoms with Crippen LogP contribution in [0.15, 0.2) is 29.0 Å². The van der Waals surface area contributed by atoms with Crippen molar-refractivity contribution in [2.75, 3.05) is 5.32 Å². The lowest BCUT2D eigenvalue weighted by Crippen LogP contribution is -2.16. The van der Waals surface area contributed by atoms with Crippen LogP contribution in [0.25, 0.3) is 0 Å². The van der Waals surface area contributed by atoms with Gasteiger partial charge in [-0.25, -0.2) is 4.68 Å². The second-order valence-corrected chi connectivity index (χ2v) is 5.39. The van der Waals surface area contributed by atoms with Crippen LogP contribution in [0.2, 0.25) is 0 Å². The minimum atomic E-state index is -0.216. The number of aryl methyl sites for hydroxylation is 1. The SMILES string of the molecule is Cn1ncnc1NC(=O)c1cc(I)ccc1Br. The summed E-state index contributed by atoms with van der Waals surface area (Å²) in [7, 11) is 1.71. The number of carbonyl (C=O) groups excluding carboxylic acids is 1. The van der Waals surface area contributed by atoms with Crippen molar-refractivity contribution in [3.05, 3.63) is 38.1 Å². The fraction of sp³-hybridized carbons (Fsp3) is 0.100. The van der Waals surface area contributed by atoms with Gasteiger partial charge in [-0.15, -0.1) is 0 Å². The zero-order valence-corrected chi connectivity index (χ0v) is 12.6. The molecule has 0 aliphatic rings. The average Bonchev–Trinajstić information content (AvgIpc) is 2.68. The van der Waals surface area contributed by atoms with Crippen molar-refractivity contribution in [2.45, 2.75) is 0 Å². The van der Waals surface area contributed by atoms with E-state index in [9.17, 15) is 4.79 Å². The number of anilines is 1. The van der Waals surface area contributed by atoms with Crippen molar-refractivity contribution in [2.24, 2.45) is 7.05 Å². The summed E-state index contributed by atoms with van der Waals surface area (Å²) in [5.74, 6) is 0.201. The van der Waals surface area contributed by atoms with E-state index in [0.717, 1.165) is 8.04 Å². The third kappa shape index (κ3) is 2.83. The molecule has 1 aromatic heterocycles. The Morgan fingerprint density at radius 2 is 2.29 bits per heavy atom. The van der Waals surface area contributed by atoms with Gasteiger partial charge >= 0.3 is 0 Å². The largest absolute Gasteiger partial charge is 0.291 e. The Kier molecular flexibility index (Phi) is 3.77. The van der Waals surface area contributed by atoms with Gasteiger partial charge in [0.15, 0.2) is 0 Å². The van der Waals surface area contributed by atoms with Crippen molar-refractivity contribution in [3.8, 4) is 0 Å². The Labute approximate surface area is 120 Å². The Hall–Kier alpha value is -0.960. The number of aromatic nitrogens is 3. The maximum absolute atomic E-state index is 12.0. The van der Waals surface area contributed by atoms with Crippen molar-refractivity contribution < 1.29 is 4.79 Å². The number of carbonyl (C=O) groups is 1. The van der Waals surface area contributed by atoms with Crippen molar-refractivity contribution in [1.29, 1.82) is 0 Å². The van der Waals surface area contributed by atoms with E-state index in [-0.39, 0.29) is 5.91 Å². The average molecular weight is 407 g/mol. The number of benzene rings is 1. The normalized spacial score (nSPS) is 10.3. The molecular weight excluding hydrogens is 399 g/mol. The molecular formula is C10H8BrIN4O. The van der Waals surface area contributed by atoms with Gasteiger partial charge in [0.2, 0.25) is 5.95 Å². The second kappa shape index (κ2) is 5.13. The Morgan fingerprint density at radius 1 is 1.53 bits per heavy atom. The Morgan fingerprint density at radius 3 is 2.94 bits per heavy atom. The summed E-state index contributed by atoms with van der Waals surface area (Å²) in [6.45, 7) is 0. The molecule has 1 aromatic carbocycles. The summed E-state index contributed by atoms with van der Waals surface area (Å²) in [5, 5.41) is 6.57. The lowest BCUT2D eigenvalue weighted by Gasteiger charge is -2.06. The fourth-order valence-electron chi connectivity index (χ4n) is 1.25. The smallest absolute Gasteiger partial charge is 0.259 e. The zero-order valence-electron chi connectivity index (χ0n) is 8.82. The highest BCUT2D eigenvalue weighted by molar-refractivity contribution is 14.1. The van der Waals surface area contributed by atoms with Crippen LogP contribution >= 0.6 is 38.5 Å². The van der Waals surface area contributed by atoms with Gasteiger partial charge in [0.25, 0.3) is 5.91 Å². The van der Waals surface area contributed by atoms with Gasteiger partial charge < -0.3 is 0 Å². The molecule has 0 fully saturated rings. The summed E-state index contributed by atoms with van der Waals surface area (Å²) in [4.78, 5) is 15.9. The molecule has 0 radical (unpaired) electrons. The third-order valence-corrected chi connectivity index (χ3v) is 3.47. The standard InChI is InChI=1S/C10H8BrIN4O/c1-16-10(13-5-14-16)15-9(17)7-4-6(12)2-3-8(7)11/h2-5H,1H3,(H,13,14,15,17). The maximum atomic E-state index is 12.0. The van der Waals surface area contributed by atoms with Crippen LogP contribution < -0.4 is 5.32 Å². The van der Waals surface area contributed by atoms with Crippen LogP contribution in [0.1, 0.15) is 10.4 Å². The van der Waals surface area contributed by atoms with E-state index in [4.69, 9.17) is 0 Å². The molecule has 7 heteroatoms. The molecule has 2 rings (SSSR count). The van der Waals surface area contributed by atoms with Gasteiger partial charge in [0, 0.05) is 15.1 Å². The molecule has 0 aliphatic carbocycles. The maximum Gasteiger partial charge on any atom is 0.259 e. The molecule has 1 amide bonds. The highest BCUT2D eigenvalue weighted by atomic mass is 127. The molecule has 0 unspecified atom stereocenters. The molecule has 0 spiro atoms. The quantitative estimate of drug-likeness (QED) is 0.779. The van der Waals surface area contributed by atoms with Gasteiger partial charge in [-0.2, -0.15) is 10.1 Å². The first-order valence-electron chi connectivity index (χ1n) is 4.68. The van der Waals surface area contributed by atoms with E-state index >= 15 is 0 Å². The summed E-state index contributed by atoms with van der Waals surface area (Å²) < 4.78 is 3.24. The predicted molar refractivity (Wildman–Crippen MR) is 75.8 cm³/mol. The van der Waals surface area contributed by atoms with Crippen LogP contribution in [0.3, 0.4) is 0 Å². The van der Waals surface area contributed by atoms with Crippen LogP contribution in [0.5, 0.6) is 0 Å². The lowest BCUT2D eigenvalue weighted by atomic mass is 10.2. The van der Waals surface area contributed by atoms with Gasteiger partial charge in [-0.1, -0.05) is 0 Å². The Balaban J connectivity index is 2.26. The summed E-state index contributed by atoms with van der Waals surface area (Å²) in [5.41, 5.74) is 0.569. The van der Waals surface area contributed by atoms with Gasteiger partial charge in [0.05, 0.1) is 5.56 Å². The van der Waals surface area contributed by atoms with Crippen LogP contribution in [-0.4, -0.2) is 20.7 Å². The summed E-state index contributed by atoms with van der Waals surface area (Å²) in [6.07, 6.45) is 1.39. The summed E-state index contributed by atoms with van der Waals surface area (Å²) in [6, 6.07) is 5.56. The minimum Gasteiger partial charge on any atom is -0.291 e. The second-order valence-electron chi connectivity index (χ2n) is 3.29. The first kappa shape index (κ1) is 12.5. The lowest BCUT2D eigenvalue weighted by molar-refractivity contribution is 0.102. The third-order valence-electron chi connectivity index (χ3n) is 2.11. The number of rotatable bonds is 2. The number of nitrogens with one attached hydrogen (secondary N) is 1. The Bertz CT molecular complexity index is 569. The highest BCUT2D eigenvalue weighted by Gasteiger charge is 2.12. The fourth-order valence-corrected chi connectivity index (χ4v) is 2.17. The topological polar surface area (TPSA) is 59.8 Å². The van der Waals surface area contributed by atoms with Crippen molar-refractivity contribution in [1.82, 2.24) is 14.8 Å². The van der Waals surface area contributed by atoms with E-state index in [1.807, 2.05) is 12.1 Å². The number of nitrogens with zero attached hydrogens (tertiary/aromatic N) is 3. The van der Waals surface area contributed by atoms with E-state index in [0.29, 0.717) is 11.5 Å². The van der Waals surface area contributed by atoms with E-state index in [1.54, 1.807) is 13.1 Å². The van der Waals surface area contributed by atoms with Crippen molar-refractivity contribution in [3.63, 3.8) is 0 Å². The van der Waals surface area contributed by atoms with Gasteiger partial charge in [-0.05, 0) is 56.7 Å². The first-order chi connectivity index (χ1) is 8.08. The predicted octanol–water partition coefficient (Wildman–Crippen LogP) is 2.43. The molecule has 0 saturated carbocycles. The molecule has 0 aliphatic heterocycles. The zero-order chi connectivity index (χ0) is 12.4. The van der Waals surface area contributed by atoms with Crippen LogP contribution in [-0.2, 0) is 7.05 Å². The van der Waals surface area contributed by atoms with E-state index in [1.165, 1.54) is 11.0 Å². The minimum absolute atomic E-state index is 0.216. The highest BCUT2D eigenvalue weighted by Crippen LogP contribution is 2.20. The monoisotopic (exact) mass is 406 g/mol. The number of halogens is 2. The van der Waals surface area contributed by atoms with E-state index < -0.39 is 0 Å². The molecule has 0 atom stereocenters. The molecule has 1 N–H and O–H groups in total. The molecule has 2 aromatic rings. The number of hydrogen-bond donors (Lipinski definition) is 1. The molecule has 0 bridgehead atoms. The number of hydrogen-bond acceptors (Lipinski definition) is 3. The van der Waals surface area contributed by atoms with Crippen molar-refractivity contribution >= 4 is 50.4 Å². The van der Waals surface area contributed by atoms with Crippen LogP contribution in [0.4, 0.5) is 5.95 Å².